The summed E-state index contributed by atoms with van der Waals surface area (Å²) in [4.78, 5) is 4.10. The van der Waals surface area contributed by atoms with Gasteiger partial charge in [0.05, 0.1) is 5.02 Å². The lowest BCUT2D eigenvalue weighted by atomic mass is 10.2. The van der Waals surface area contributed by atoms with Crippen LogP contribution in [0.5, 0.6) is 5.88 Å². The maximum absolute atomic E-state index is 5.93. The van der Waals surface area contributed by atoms with Crippen LogP contribution in [0.25, 0.3) is 0 Å². The molecular weight excluding hydrogens is 337 g/mol. The number of rotatable bonds is 4. The highest BCUT2D eigenvalue weighted by molar-refractivity contribution is 9.10. The molecule has 0 saturated heterocycles. The van der Waals surface area contributed by atoms with Crippen molar-refractivity contribution in [3.8, 4) is 5.88 Å². The van der Waals surface area contributed by atoms with Crippen molar-refractivity contribution in [2.75, 3.05) is 0 Å². The van der Waals surface area contributed by atoms with Gasteiger partial charge in [-0.1, -0.05) is 45.7 Å². The van der Waals surface area contributed by atoms with Gasteiger partial charge in [-0.25, -0.2) is 4.98 Å². The number of hydrogen-bond donors (Lipinski definition) is 0. The van der Waals surface area contributed by atoms with Crippen molar-refractivity contribution < 1.29 is 4.74 Å². The second kappa shape index (κ2) is 6.41. The van der Waals surface area contributed by atoms with Crippen molar-refractivity contribution >= 4 is 39.1 Å². The molecule has 0 unspecified atom stereocenters. The fraction of sp³-hybridized carbons (Fsp3) is 0.154. The molecule has 1 heterocycles. The number of nitrogens with zero attached hydrogens (tertiary/aromatic N) is 1. The van der Waals surface area contributed by atoms with E-state index in [4.69, 9.17) is 27.9 Å². The molecule has 0 aliphatic rings. The number of benzene rings is 1. The van der Waals surface area contributed by atoms with Crippen LogP contribution in [0.4, 0.5) is 0 Å². The molecule has 0 fully saturated rings. The monoisotopic (exact) mass is 345 g/mol. The van der Waals surface area contributed by atoms with E-state index in [2.05, 4.69) is 20.9 Å². The van der Waals surface area contributed by atoms with Crippen molar-refractivity contribution in [2.45, 2.75) is 12.5 Å². The third kappa shape index (κ3) is 3.37. The average molecular weight is 347 g/mol. The molecule has 0 saturated carbocycles. The maximum atomic E-state index is 5.93. The summed E-state index contributed by atoms with van der Waals surface area (Å²) in [6.45, 7) is 0.442. The van der Waals surface area contributed by atoms with Crippen LogP contribution in [-0.4, -0.2) is 4.98 Å². The highest BCUT2D eigenvalue weighted by Gasteiger charge is 2.05. The second-order valence-corrected chi connectivity index (χ2v) is 5.16. The number of halogens is 3. The summed E-state index contributed by atoms with van der Waals surface area (Å²) in [7, 11) is 0. The van der Waals surface area contributed by atoms with Gasteiger partial charge in [-0.15, -0.1) is 11.6 Å². The first-order valence-corrected chi connectivity index (χ1v) is 6.98. The van der Waals surface area contributed by atoms with Crippen LogP contribution in [0.2, 0.25) is 5.02 Å². The van der Waals surface area contributed by atoms with Crippen LogP contribution in [0.1, 0.15) is 11.1 Å². The highest BCUT2D eigenvalue weighted by Crippen LogP contribution is 2.22. The molecule has 2 nitrogen and oxygen atoms in total. The van der Waals surface area contributed by atoms with Gasteiger partial charge in [-0.05, 0) is 11.6 Å². The van der Waals surface area contributed by atoms with Crippen LogP contribution in [0.3, 0.4) is 0 Å². The number of ether oxygens (including phenoxy) is 1. The quantitative estimate of drug-likeness (QED) is 0.741. The molecule has 0 N–H and O–H groups in total. The first kappa shape index (κ1) is 13.7. The Balaban J connectivity index is 2.09. The van der Waals surface area contributed by atoms with E-state index >= 15 is 0 Å². The Morgan fingerprint density at radius 2 is 2.00 bits per heavy atom. The Labute approximate surface area is 124 Å². The second-order valence-electron chi connectivity index (χ2n) is 3.63. The van der Waals surface area contributed by atoms with E-state index in [0.29, 0.717) is 23.4 Å². The van der Waals surface area contributed by atoms with E-state index in [1.54, 1.807) is 12.3 Å². The minimum Gasteiger partial charge on any atom is -0.473 e. The molecule has 2 aromatic rings. The molecule has 5 heteroatoms. The van der Waals surface area contributed by atoms with Crippen LogP contribution in [0.15, 0.2) is 41.0 Å². The normalized spacial score (nSPS) is 10.4. The molecule has 0 bridgehead atoms. The van der Waals surface area contributed by atoms with Crippen LogP contribution in [0, 0.1) is 0 Å². The zero-order valence-electron chi connectivity index (χ0n) is 9.37. The number of pyridine rings is 1. The summed E-state index contributed by atoms with van der Waals surface area (Å²) in [6.07, 6.45) is 1.55. The third-order valence-corrected chi connectivity index (χ3v) is 3.79. The predicted molar refractivity (Wildman–Crippen MR) is 77.3 cm³/mol. The van der Waals surface area contributed by atoms with Gasteiger partial charge in [0.2, 0.25) is 5.88 Å². The summed E-state index contributed by atoms with van der Waals surface area (Å²) < 4.78 is 6.62. The van der Waals surface area contributed by atoms with Gasteiger partial charge < -0.3 is 4.74 Å². The van der Waals surface area contributed by atoms with Crippen LogP contribution >= 0.6 is 39.1 Å². The lowest BCUT2D eigenvalue weighted by Crippen LogP contribution is -1.98. The summed E-state index contributed by atoms with van der Waals surface area (Å²) in [6, 6.07) is 9.63. The number of hydrogen-bond acceptors (Lipinski definition) is 2. The molecule has 1 aromatic carbocycles. The SMILES string of the molecule is ClCc1cc(OCc2ccccc2Br)ncc1Cl. The predicted octanol–water partition coefficient (Wildman–Crippen LogP) is 4.82. The largest absolute Gasteiger partial charge is 0.473 e. The molecule has 2 rings (SSSR count). The lowest BCUT2D eigenvalue weighted by Gasteiger charge is -2.08. The Kier molecular flexibility index (Phi) is 4.87. The summed E-state index contributed by atoms with van der Waals surface area (Å²) in [5.41, 5.74) is 1.87. The Morgan fingerprint density at radius 1 is 1.22 bits per heavy atom. The van der Waals surface area contributed by atoms with Crippen LogP contribution in [-0.2, 0) is 12.5 Å². The number of aromatic nitrogens is 1. The van der Waals surface area contributed by atoms with E-state index in [9.17, 15) is 0 Å². The van der Waals surface area contributed by atoms with Gasteiger partial charge in [0, 0.05) is 28.2 Å². The maximum Gasteiger partial charge on any atom is 0.213 e. The molecule has 94 valence electrons. The standard InChI is InChI=1S/C13H10BrCl2NO/c14-11-4-2-1-3-9(11)8-18-13-5-10(6-15)12(16)7-17-13/h1-5,7H,6,8H2. The van der Waals surface area contributed by atoms with E-state index in [-0.39, 0.29) is 0 Å². The first-order valence-electron chi connectivity index (χ1n) is 5.27. The van der Waals surface area contributed by atoms with Gasteiger partial charge in [0.15, 0.2) is 0 Å². The van der Waals surface area contributed by atoms with Gasteiger partial charge >= 0.3 is 0 Å². The molecule has 18 heavy (non-hydrogen) atoms. The van der Waals surface area contributed by atoms with Crippen LogP contribution < -0.4 is 4.74 Å². The van der Waals surface area contributed by atoms with Crippen molar-refractivity contribution in [3.05, 3.63) is 57.2 Å². The molecular formula is C13H10BrCl2NO. The smallest absolute Gasteiger partial charge is 0.213 e. The first-order chi connectivity index (χ1) is 8.70. The minimum absolute atomic E-state index is 0.340. The van der Waals surface area contributed by atoms with E-state index in [1.807, 2.05) is 24.3 Å². The van der Waals surface area contributed by atoms with Crippen molar-refractivity contribution in [1.29, 1.82) is 0 Å². The molecule has 0 amide bonds. The molecule has 0 atom stereocenters. The van der Waals surface area contributed by atoms with Crippen molar-refractivity contribution in [2.24, 2.45) is 0 Å². The summed E-state index contributed by atoms with van der Waals surface area (Å²) in [5.74, 6) is 0.859. The zero-order valence-corrected chi connectivity index (χ0v) is 12.5. The van der Waals surface area contributed by atoms with Gasteiger partial charge in [-0.3, -0.25) is 0 Å². The minimum atomic E-state index is 0.340. The number of alkyl halides is 1. The lowest BCUT2D eigenvalue weighted by molar-refractivity contribution is 0.293. The molecule has 0 spiro atoms. The topological polar surface area (TPSA) is 22.1 Å². The Hall–Kier alpha value is -0.770. The third-order valence-electron chi connectivity index (χ3n) is 2.39. The Morgan fingerprint density at radius 3 is 2.72 bits per heavy atom. The summed E-state index contributed by atoms with van der Waals surface area (Å²) >= 11 is 15.2. The molecule has 0 radical (unpaired) electrons. The zero-order chi connectivity index (χ0) is 13.0. The van der Waals surface area contributed by atoms with E-state index < -0.39 is 0 Å². The fourth-order valence-corrected chi connectivity index (χ4v) is 2.27. The molecule has 0 aliphatic carbocycles. The highest BCUT2D eigenvalue weighted by atomic mass is 79.9. The fourth-order valence-electron chi connectivity index (χ4n) is 1.41. The Bertz CT molecular complexity index is 548. The molecule has 0 aliphatic heterocycles. The van der Waals surface area contributed by atoms with Crippen molar-refractivity contribution in [3.63, 3.8) is 0 Å². The molecule has 1 aromatic heterocycles. The summed E-state index contributed by atoms with van der Waals surface area (Å²) in [5, 5.41) is 0.554. The average Bonchev–Trinajstić information content (AvgIpc) is 2.39. The van der Waals surface area contributed by atoms with Gasteiger partial charge in [-0.2, -0.15) is 0 Å². The van der Waals surface area contributed by atoms with Crippen molar-refractivity contribution in [1.82, 2.24) is 4.98 Å². The van der Waals surface area contributed by atoms with E-state index in [0.717, 1.165) is 15.6 Å². The van der Waals surface area contributed by atoms with E-state index in [1.165, 1.54) is 0 Å². The van der Waals surface area contributed by atoms with Gasteiger partial charge in [0.1, 0.15) is 6.61 Å². The van der Waals surface area contributed by atoms with Gasteiger partial charge in [0.25, 0.3) is 0 Å².